The standard InChI is InChI=1S/C20H25NO6/c1-26-16-7-6-14(12-17(16)27-15-4-2-3-5-15)20(13-21,10-8-18(22)23)11-9-19(24)25/h6-7,12,15H,2-5,8-11H2,1H3,(H,22,23)(H,24,25). The van der Waals surface area contributed by atoms with E-state index in [9.17, 15) is 14.9 Å². The molecule has 0 spiro atoms. The first-order valence-corrected chi connectivity index (χ1v) is 9.10. The van der Waals surface area contributed by atoms with Crippen molar-refractivity contribution in [2.45, 2.75) is 62.9 Å². The van der Waals surface area contributed by atoms with Crippen molar-refractivity contribution in [2.24, 2.45) is 0 Å². The largest absolute Gasteiger partial charge is 0.493 e. The molecule has 1 fully saturated rings. The Morgan fingerprint density at radius 2 is 1.74 bits per heavy atom. The Morgan fingerprint density at radius 1 is 1.15 bits per heavy atom. The zero-order valence-electron chi connectivity index (χ0n) is 15.4. The number of carbonyl (C=O) groups is 2. The van der Waals surface area contributed by atoms with Gasteiger partial charge in [-0.25, -0.2) is 0 Å². The number of carboxylic acid groups (broad SMARTS) is 2. The van der Waals surface area contributed by atoms with Crippen molar-refractivity contribution in [1.82, 2.24) is 0 Å². The lowest BCUT2D eigenvalue weighted by Gasteiger charge is -2.27. The molecule has 0 heterocycles. The maximum absolute atomic E-state index is 11.1. The molecule has 0 unspecified atom stereocenters. The van der Waals surface area contributed by atoms with E-state index in [1.807, 2.05) is 0 Å². The highest BCUT2D eigenvalue weighted by molar-refractivity contribution is 5.68. The highest BCUT2D eigenvalue weighted by Crippen LogP contribution is 2.40. The lowest BCUT2D eigenvalue weighted by Crippen LogP contribution is -2.27. The summed E-state index contributed by atoms with van der Waals surface area (Å²) in [6, 6.07) is 7.25. The van der Waals surface area contributed by atoms with Gasteiger partial charge in [0.25, 0.3) is 0 Å². The fourth-order valence-corrected chi connectivity index (χ4v) is 3.48. The van der Waals surface area contributed by atoms with Crippen LogP contribution in [0.15, 0.2) is 18.2 Å². The Hall–Kier alpha value is -2.75. The SMILES string of the molecule is COc1ccc(C(C#N)(CCC(=O)O)CCC(=O)O)cc1OC1CCCC1. The van der Waals surface area contributed by atoms with Crippen LogP contribution in [0.4, 0.5) is 0 Å². The second kappa shape index (κ2) is 9.26. The van der Waals surface area contributed by atoms with Gasteiger partial charge in [0.1, 0.15) is 0 Å². The number of ether oxygens (including phenoxy) is 2. The molecule has 0 aliphatic heterocycles. The summed E-state index contributed by atoms with van der Waals surface area (Å²) in [6.45, 7) is 0. The molecule has 7 heteroatoms. The molecule has 1 aliphatic carbocycles. The summed E-state index contributed by atoms with van der Waals surface area (Å²) in [7, 11) is 1.53. The van der Waals surface area contributed by atoms with E-state index < -0.39 is 17.4 Å². The van der Waals surface area contributed by atoms with Crippen LogP contribution < -0.4 is 9.47 Å². The van der Waals surface area contributed by atoms with Gasteiger partial charge in [-0.1, -0.05) is 6.07 Å². The summed E-state index contributed by atoms with van der Waals surface area (Å²) in [5.41, 5.74) is -0.655. The van der Waals surface area contributed by atoms with E-state index >= 15 is 0 Å². The van der Waals surface area contributed by atoms with Crippen LogP contribution in [0.3, 0.4) is 0 Å². The fourth-order valence-electron chi connectivity index (χ4n) is 3.48. The molecule has 1 aromatic rings. The number of hydrogen-bond acceptors (Lipinski definition) is 5. The van der Waals surface area contributed by atoms with Crippen molar-refractivity contribution in [3.05, 3.63) is 23.8 Å². The molecular formula is C20H25NO6. The molecule has 2 N–H and O–H groups in total. The van der Waals surface area contributed by atoms with E-state index in [0.717, 1.165) is 25.7 Å². The third-order valence-corrected chi connectivity index (χ3v) is 5.06. The number of benzene rings is 1. The summed E-state index contributed by atoms with van der Waals surface area (Å²) in [4.78, 5) is 22.1. The molecule has 0 atom stereocenters. The van der Waals surface area contributed by atoms with Crippen LogP contribution in [0.25, 0.3) is 0 Å². The Bertz CT molecular complexity index is 700. The number of carboxylic acids is 2. The minimum atomic E-state index is -1.21. The van der Waals surface area contributed by atoms with Crippen LogP contribution in [-0.4, -0.2) is 35.4 Å². The quantitative estimate of drug-likeness (QED) is 0.642. The molecule has 2 rings (SSSR count). The van der Waals surface area contributed by atoms with Crippen molar-refractivity contribution >= 4 is 11.9 Å². The van der Waals surface area contributed by atoms with Gasteiger partial charge in [-0.2, -0.15) is 5.26 Å². The average Bonchev–Trinajstić information content (AvgIpc) is 3.15. The first kappa shape index (κ1) is 20.6. The van der Waals surface area contributed by atoms with E-state index in [-0.39, 0.29) is 31.8 Å². The Labute approximate surface area is 158 Å². The van der Waals surface area contributed by atoms with Gasteiger partial charge in [0, 0.05) is 12.8 Å². The number of aliphatic carboxylic acids is 2. The topological polar surface area (TPSA) is 117 Å². The Balaban J connectivity index is 2.38. The Kier molecular flexibility index (Phi) is 7.05. The van der Waals surface area contributed by atoms with Crippen LogP contribution in [-0.2, 0) is 15.0 Å². The third-order valence-electron chi connectivity index (χ3n) is 5.06. The van der Waals surface area contributed by atoms with Gasteiger partial charge in [-0.3, -0.25) is 9.59 Å². The number of rotatable bonds is 10. The van der Waals surface area contributed by atoms with E-state index in [1.165, 1.54) is 7.11 Å². The second-order valence-corrected chi connectivity index (χ2v) is 6.87. The van der Waals surface area contributed by atoms with Crippen molar-refractivity contribution in [3.8, 4) is 17.6 Å². The van der Waals surface area contributed by atoms with Crippen molar-refractivity contribution < 1.29 is 29.3 Å². The summed E-state index contributed by atoms with van der Waals surface area (Å²) >= 11 is 0. The molecule has 27 heavy (non-hydrogen) atoms. The van der Waals surface area contributed by atoms with Gasteiger partial charge >= 0.3 is 11.9 Å². The zero-order chi connectivity index (χ0) is 19.9. The molecule has 0 bridgehead atoms. The summed E-state index contributed by atoms with van der Waals surface area (Å²) in [6.07, 6.45) is 3.81. The molecule has 1 saturated carbocycles. The minimum Gasteiger partial charge on any atom is -0.493 e. The highest BCUT2D eigenvalue weighted by atomic mass is 16.5. The summed E-state index contributed by atoms with van der Waals surface area (Å²) in [5, 5.41) is 28.0. The van der Waals surface area contributed by atoms with E-state index in [1.54, 1.807) is 18.2 Å². The van der Waals surface area contributed by atoms with Crippen LogP contribution >= 0.6 is 0 Å². The normalized spacial score (nSPS) is 14.5. The van der Waals surface area contributed by atoms with Crippen LogP contribution in [0.1, 0.15) is 56.9 Å². The summed E-state index contributed by atoms with van der Waals surface area (Å²) < 4.78 is 11.4. The van der Waals surface area contributed by atoms with Gasteiger partial charge in [0.2, 0.25) is 0 Å². The monoisotopic (exact) mass is 375 g/mol. The first-order valence-electron chi connectivity index (χ1n) is 9.10. The van der Waals surface area contributed by atoms with Gasteiger partial charge in [-0.05, 0) is 56.2 Å². The number of nitriles is 1. The zero-order valence-corrected chi connectivity index (χ0v) is 15.4. The van der Waals surface area contributed by atoms with E-state index in [0.29, 0.717) is 17.1 Å². The predicted molar refractivity (Wildman–Crippen MR) is 96.9 cm³/mol. The van der Waals surface area contributed by atoms with Crippen LogP contribution in [0, 0.1) is 11.3 Å². The Morgan fingerprint density at radius 3 is 2.22 bits per heavy atom. The van der Waals surface area contributed by atoms with E-state index in [4.69, 9.17) is 19.7 Å². The average molecular weight is 375 g/mol. The number of hydrogen-bond donors (Lipinski definition) is 2. The predicted octanol–water partition coefficient (Wildman–Crippen LogP) is 3.51. The smallest absolute Gasteiger partial charge is 0.303 e. The summed E-state index contributed by atoms with van der Waals surface area (Å²) in [5.74, 6) is -1.01. The van der Waals surface area contributed by atoms with Crippen LogP contribution in [0.2, 0.25) is 0 Å². The minimum absolute atomic E-state index is 0.0291. The molecule has 7 nitrogen and oxygen atoms in total. The van der Waals surface area contributed by atoms with Gasteiger partial charge < -0.3 is 19.7 Å². The molecule has 0 radical (unpaired) electrons. The maximum atomic E-state index is 11.1. The van der Waals surface area contributed by atoms with Crippen molar-refractivity contribution in [2.75, 3.05) is 7.11 Å². The fraction of sp³-hybridized carbons (Fsp3) is 0.550. The molecule has 1 aromatic carbocycles. The molecule has 0 saturated heterocycles. The highest BCUT2D eigenvalue weighted by Gasteiger charge is 2.34. The van der Waals surface area contributed by atoms with Crippen molar-refractivity contribution in [1.29, 1.82) is 5.26 Å². The first-order chi connectivity index (χ1) is 12.9. The molecule has 146 valence electrons. The van der Waals surface area contributed by atoms with Crippen molar-refractivity contribution in [3.63, 3.8) is 0 Å². The number of nitrogens with zero attached hydrogens (tertiary/aromatic N) is 1. The molecule has 1 aliphatic rings. The lowest BCUT2D eigenvalue weighted by molar-refractivity contribution is -0.137. The number of methoxy groups -OCH3 is 1. The molecule has 0 aromatic heterocycles. The second-order valence-electron chi connectivity index (χ2n) is 6.87. The lowest BCUT2D eigenvalue weighted by atomic mass is 9.74. The van der Waals surface area contributed by atoms with Gasteiger partial charge in [0.15, 0.2) is 11.5 Å². The van der Waals surface area contributed by atoms with Gasteiger partial charge in [0.05, 0.1) is 24.7 Å². The maximum Gasteiger partial charge on any atom is 0.303 e. The van der Waals surface area contributed by atoms with E-state index in [2.05, 4.69) is 6.07 Å². The third kappa shape index (κ3) is 5.36. The van der Waals surface area contributed by atoms with Crippen LogP contribution in [0.5, 0.6) is 11.5 Å². The van der Waals surface area contributed by atoms with Gasteiger partial charge in [-0.15, -0.1) is 0 Å². The molecule has 0 amide bonds. The molecular weight excluding hydrogens is 350 g/mol.